The van der Waals surface area contributed by atoms with Gasteiger partial charge in [0, 0.05) is 10.3 Å². The van der Waals surface area contributed by atoms with Gasteiger partial charge in [-0.3, -0.25) is 5.10 Å². The first-order chi connectivity index (χ1) is 11.6. The molecule has 3 rings (SSSR count). The first kappa shape index (κ1) is 16.7. The molecule has 0 aliphatic rings. The van der Waals surface area contributed by atoms with Gasteiger partial charge in [-0.1, -0.05) is 59.8 Å². The summed E-state index contributed by atoms with van der Waals surface area (Å²) in [4.78, 5) is 4.43. The minimum absolute atomic E-state index is 0.142. The normalized spacial score (nSPS) is 12.6. The Bertz CT molecular complexity index is 845. The average molecular weight is 360 g/mol. The van der Waals surface area contributed by atoms with Crippen LogP contribution in [0.1, 0.15) is 29.1 Å². The molecule has 24 heavy (non-hydrogen) atoms. The fourth-order valence-corrected chi connectivity index (χ4v) is 3.42. The summed E-state index contributed by atoms with van der Waals surface area (Å²) in [5, 5.41) is 8.63. The van der Waals surface area contributed by atoms with E-state index in [1.165, 1.54) is 23.9 Å². The van der Waals surface area contributed by atoms with Crippen molar-refractivity contribution in [3.63, 3.8) is 0 Å². The van der Waals surface area contributed by atoms with Crippen LogP contribution in [0.2, 0.25) is 5.02 Å². The Hall–Kier alpha value is -2.11. The number of halogens is 2. The predicted molar refractivity (Wildman–Crippen MR) is 97.4 cm³/mol. The summed E-state index contributed by atoms with van der Waals surface area (Å²) in [6, 6.07) is 14.0. The summed E-state index contributed by atoms with van der Waals surface area (Å²) in [5.74, 6) is 0.396. The molecule has 1 atom stereocenters. The van der Waals surface area contributed by atoms with Crippen LogP contribution in [0.4, 0.5) is 4.39 Å². The number of hydrogen-bond donors (Lipinski definition) is 1. The van der Waals surface area contributed by atoms with Crippen molar-refractivity contribution in [2.75, 3.05) is 0 Å². The van der Waals surface area contributed by atoms with Crippen LogP contribution in [-0.4, -0.2) is 15.2 Å². The highest BCUT2D eigenvalue weighted by Crippen LogP contribution is 2.36. The maximum atomic E-state index is 12.9. The van der Waals surface area contributed by atoms with E-state index in [-0.39, 0.29) is 11.1 Å². The average Bonchev–Trinajstić information content (AvgIpc) is 3.02. The Labute approximate surface area is 149 Å². The van der Waals surface area contributed by atoms with Gasteiger partial charge in [-0.05, 0) is 42.3 Å². The first-order valence-corrected chi connectivity index (χ1v) is 8.65. The molecular formula is C18H15ClFN3S. The van der Waals surface area contributed by atoms with E-state index < -0.39 is 0 Å². The number of aromatic amines is 1. The molecule has 0 saturated carbocycles. The monoisotopic (exact) mass is 359 g/mol. The van der Waals surface area contributed by atoms with E-state index in [2.05, 4.69) is 22.1 Å². The highest BCUT2D eigenvalue weighted by molar-refractivity contribution is 7.99. The quantitative estimate of drug-likeness (QED) is 0.601. The molecule has 0 aliphatic carbocycles. The van der Waals surface area contributed by atoms with Crippen molar-refractivity contribution >= 4 is 35.5 Å². The van der Waals surface area contributed by atoms with E-state index >= 15 is 0 Å². The van der Waals surface area contributed by atoms with Crippen LogP contribution in [0.3, 0.4) is 0 Å². The van der Waals surface area contributed by atoms with Gasteiger partial charge in [0.1, 0.15) is 11.6 Å². The molecule has 1 N–H and O–H groups in total. The number of H-pyrrole nitrogens is 1. The Morgan fingerprint density at radius 1 is 1.12 bits per heavy atom. The zero-order valence-corrected chi connectivity index (χ0v) is 14.5. The Balaban J connectivity index is 1.67. The summed E-state index contributed by atoms with van der Waals surface area (Å²) in [5.41, 5.74) is 1.95. The Kier molecular flexibility index (Phi) is 5.33. The third kappa shape index (κ3) is 4.24. The van der Waals surface area contributed by atoms with Crippen molar-refractivity contribution in [2.45, 2.75) is 17.3 Å². The van der Waals surface area contributed by atoms with Crippen LogP contribution in [0.15, 0.2) is 53.7 Å². The first-order valence-electron chi connectivity index (χ1n) is 7.39. The maximum absolute atomic E-state index is 12.9. The predicted octanol–water partition coefficient (Wildman–Crippen LogP) is 5.62. The molecule has 0 aliphatic heterocycles. The minimum Gasteiger partial charge on any atom is -0.259 e. The molecule has 1 heterocycles. The fourth-order valence-electron chi connectivity index (χ4n) is 2.16. The lowest BCUT2D eigenvalue weighted by Gasteiger charge is -2.10. The summed E-state index contributed by atoms with van der Waals surface area (Å²) in [6.45, 7) is 2.07. The van der Waals surface area contributed by atoms with E-state index in [9.17, 15) is 4.39 Å². The van der Waals surface area contributed by atoms with Crippen LogP contribution < -0.4 is 0 Å². The van der Waals surface area contributed by atoms with E-state index in [1.54, 1.807) is 12.1 Å². The van der Waals surface area contributed by atoms with E-state index in [0.717, 1.165) is 16.1 Å². The smallest absolute Gasteiger partial charge is 0.209 e. The maximum Gasteiger partial charge on any atom is 0.209 e. The molecule has 122 valence electrons. The van der Waals surface area contributed by atoms with Crippen LogP contribution in [0, 0.1) is 5.82 Å². The summed E-state index contributed by atoms with van der Waals surface area (Å²) in [7, 11) is 0. The lowest BCUT2D eigenvalue weighted by Crippen LogP contribution is -1.90. The van der Waals surface area contributed by atoms with Crippen LogP contribution in [-0.2, 0) is 0 Å². The molecular weight excluding hydrogens is 345 g/mol. The summed E-state index contributed by atoms with van der Waals surface area (Å²) >= 11 is 7.75. The summed E-state index contributed by atoms with van der Waals surface area (Å²) in [6.07, 6.45) is 3.66. The fraction of sp³-hybridized carbons (Fsp3) is 0.111. The number of nitrogens with one attached hydrogen (secondary N) is 1. The highest BCUT2D eigenvalue weighted by atomic mass is 35.5. The topological polar surface area (TPSA) is 41.6 Å². The molecule has 3 aromatic rings. The molecule has 0 unspecified atom stereocenters. The second-order valence-corrected chi connectivity index (χ2v) is 6.88. The molecule has 0 fully saturated rings. The van der Waals surface area contributed by atoms with Crippen molar-refractivity contribution in [3.8, 4) is 0 Å². The molecule has 0 radical (unpaired) electrons. The molecule has 0 spiro atoms. The lowest BCUT2D eigenvalue weighted by molar-refractivity contribution is 0.628. The van der Waals surface area contributed by atoms with E-state index in [4.69, 9.17) is 11.6 Å². The van der Waals surface area contributed by atoms with Crippen molar-refractivity contribution in [1.82, 2.24) is 15.2 Å². The van der Waals surface area contributed by atoms with Gasteiger partial charge in [0.05, 0.1) is 0 Å². The molecule has 0 saturated heterocycles. The SMILES string of the molecule is C[C@@H](Sc1n[nH]c(/C=C\c2ccc(F)cc2)n1)c1ccccc1Cl. The third-order valence-electron chi connectivity index (χ3n) is 3.41. The number of thioether (sulfide) groups is 1. The minimum atomic E-state index is -0.251. The Morgan fingerprint density at radius 2 is 1.88 bits per heavy atom. The second kappa shape index (κ2) is 7.64. The molecule has 0 amide bonds. The van der Waals surface area contributed by atoms with Gasteiger partial charge in [0.2, 0.25) is 5.16 Å². The molecule has 0 bridgehead atoms. The van der Waals surface area contributed by atoms with Gasteiger partial charge in [0.15, 0.2) is 0 Å². The molecule has 2 aromatic carbocycles. The van der Waals surface area contributed by atoms with Crippen molar-refractivity contribution in [2.24, 2.45) is 0 Å². The second-order valence-electron chi connectivity index (χ2n) is 5.17. The van der Waals surface area contributed by atoms with Gasteiger partial charge in [-0.25, -0.2) is 9.37 Å². The molecule has 6 heteroatoms. The van der Waals surface area contributed by atoms with Gasteiger partial charge < -0.3 is 0 Å². The number of nitrogens with zero attached hydrogens (tertiary/aromatic N) is 2. The van der Waals surface area contributed by atoms with Gasteiger partial charge >= 0.3 is 0 Å². The Morgan fingerprint density at radius 3 is 2.62 bits per heavy atom. The number of benzene rings is 2. The molecule has 3 nitrogen and oxygen atoms in total. The summed E-state index contributed by atoms with van der Waals surface area (Å²) < 4.78 is 12.9. The van der Waals surface area contributed by atoms with Crippen molar-refractivity contribution in [1.29, 1.82) is 0 Å². The van der Waals surface area contributed by atoms with Crippen molar-refractivity contribution < 1.29 is 4.39 Å². The zero-order chi connectivity index (χ0) is 16.9. The van der Waals surface area contributed by atoms with E-state index in [1.807, 2.05) is 36.4 Å². The lowest BCUT2D eigenvalue weighted by atomic mass is 10.2. The standard InChI is InChI=1S/C18H15ClFN3S/c1-12(15-4-2-3-5-16(15)19)24-18-21-17(22-23-18)11-8-13-6-9-14(20)10-7-13/h2-12H,1H3,(H,21,22,23)/b11-8-/t12-/m1/s1. The van der Waals surface area contributed by atoms with Gasteiger partial charge in [-0.15, -0.1) is 5.10 Å². The number of rotatable bonds is 5. The number of hydrogen-bond acceptors (Lipinski definition) is 3. The number of aromatic nitrogens is 3. The van der Waals surface area contributed by atoms with E-state index in [0.29, 0.717) is 11.0 Å². The molecule has 1 aromatic heterocycles. The van der Waals surface area contributed by atoms with Crippen LogP contribution in [0.25, 0.3) is 12.2 Å². The highest BCUT2D eigenvalue weighted by Gasteiger charge is 2.13. The van der Waals surface area contributed by atoms with Crippen LogP contribution in [0.5, 0.6) is 0 Å². The van der Waals surface area contributed by atoms with Gasteiger partial charge in [0.25, 0.3) is 0 Å². The van der Waals surface area contributed by atoms with Gasteiger partial charge in [-0.2, -0.15) is 0 Å². The third-order valence-corrected chi connectivity index (χ3v) is 4.76. The largest absolute Gasteiger partial charge is 0.259 e. The van der Waals surface area contributed by atoms with Crippen molar-refractivity contribution in [3.05, 3.63) is 76.3 Å². The zero-order valence-electron chi connectivity index (χ0n) is 12.9. The van der Waals surface area contributed by atoms with Crippen LogP contribution >= 0.6 is 23.4 Å².